The molecule has 1 saturated heterocycles. The highest BCUT2D eigenvalue weighted by Crippen LogP contribution is 2.39. The lowest BCUT2D eigenvalue weighted by atomic mass is 9.75. The van der Waals surface area contributed by atoms with Crippen LogP contribution in [0.3, 0.4) is 0 Å². The minimum atomic E-state index is -0.434. The van der Waals surface area contributed by atoms with Crippen LogP contribution in [0.2, 0.25) is 0 Å². The van der Waals surface area contributed by atoms with E-state index in [9.17, 15) is 4.79 Å². The summed E-state index contributed by atoms with van der Waals surface area (Å²) in [7, 11) is -0.434. The minimum absolute atomic E-state index is 0.0766. The number of benzene rings is 1. The average Bonchev–Trinajstić information content (AvgIpc) is 3.26. The number of unbranched alkanes of at least 4 members (excludes halogenated alkanes) is 1. The van der Waals surface area contributed by atoms with E-state index in [1.807, 2.05) is 30.0 Å². The zero-order valence-electron chi connectivity index (χ0n) is 18.8. The zero-order chi connectivity index (χ0) is 21.7. The molecule has 5 nitrogen and oxygen atoms in total. The quantitative estimate of drug-likeness (QED) is 0.536. The van der Waals surface area contributed by atoms with Crippen LogP contribution in [-0.4, -0.2) is 30.8 Å². The number of anilines is 2. The zero-order valence-corrected chi connectivity index (χ0v) is 19.6. The molecule has 1 fully saturated rings. The normalized spacial score (nSPS) is 19.5. The van der Waals surface area contributed by atoms with Crippen molar-refractivity contribution in [2.45, 2.75) is 72.1 Å². The van der Waals surface area contributed by atoms with E-state index < -0.39 is 18.3 Å². The van der Waals surface area contributed by atoms with Crippen molar-refractivity contribution in [1.82, 2.24) is 0 Å². The molecule has 1 aromatic heterocycles. The molecule has 0 radical (unpaired) electrons. The smallest absolute Gasteiger partial charge is 0.399 e. The van der Waals surface area contributed by atoms with Crippen molar-refractivity contribution in [1.29, 1.82) is 0 Å². The summed E-state index contributed by atoms with van der Waals surface area (Å²) < 4.78 is 12.5. The number of carbonyl (C=O) groups is 1. The summed E-state index contributed by atoms with van der Waals surface area (Å²) in [5.41, 5.74) is 3.25. The van der Waals surface area contributed by atoms with Crippen LogP contribution >= 0.6 is 11.3 Å². The predicted molar refractivity (Wildman–Crippen MR) is 125 cm³/mol. The van der Waals surface area contributed by atoms with E-state index in [-0.39, 0.29) is 5.91 Å². The van der Waals surface area contributed by atoms with Gasteiger partial charge < -0.3 is 19.5 Å². The van der Waals surface area contributed by atoms with Crippen molar-refractivity contribution < 1.29 is 14.1 Å². The number of nitrogens with one attached hydrogen (secondary N) is 1. The lowest BCUT2D eigenvalue weighted by Crippen LogP contribution is -2.41. The molecule has 0 atom stereocenters. The molecule has 2 aliphatic heterocycles. The number of thiophene rings is 1. The molecular formula is C23H31BN2O3S. The van der Waals surface area contributed by atoms with Crippen molar-refractivity contribution in [2.75, 3.05) is 16.8 Å². The second kappa shape index (κ2) is 7.70. The van der Waals surface area contributed by atoms with Crippen molar-refractivity contribution in [3.05, 3.63) is 40.3 Å². The van der Waals surface area contributed by atoms with Crippen LogP contribution in [0.1, 0.15) is 68.3 Å². The first-order valence-corrected chi connectivity index (χ1v) is 11.6. The van der Waals surface area contributed by atoms with Crippen molar-refractivity contribution in [3.8, 4) is 0 Å². The summed E-state index contributed by atoms with van der Waals surface area (Å²) in [4.78, 5) is 15.9. The highest BCUT2D eigenvalue weighted by atomic mass is 32.1. The highest BCUT2D eigenvalue weighted by molar-refractivity contribution is 7.18. The van der Waals surface area contributed by atoms with Crippen molar-refractivity contribution >= 4 is 40.5 Å². The van der Waals surface area contributed by atoms with Crippen LogP contribution in [0.25, 0.3) is 0 Å². The van der Waals surface area contributed by atoms with Gasteiger partial charge in [0, 0.05) is 12.2 Å². The van der Waals surface area contributed by atoms with Gasteiger partial charge in [0.1, 0.15) is 0 Å². The van der Waals surface area contributed by atoms with Gasteiger partial charge in [-0.05, 0) is 69.8 Å². The van der Waals surface area contributed by atoms with E-state index >= 15 is 0 Å². The number of amides is 1. The summed E-state index contributed by atoms with van der Waals surface area (Å²) >= 11 is 1.56. The third-order valence-electron chi connectivity index (χ3n) is 6.55. The molecule has 0 bridgehead atoms. The second-order valence-electron chi connectivity index (χ2n) is 9.22. The molecule has 1 amide bonds. The van der Waals surface area contributed by atoms with Gasteiger partial charge in [-0.1, -0.05) is 25.5 Å². The third-order valence-corrected chi connectivity index (χ3v) is 7.67. The summed E-state index contributed by atoms with van der Waals surface area (Å²) in [5.74, 6) is 0.0766. The lowest BCUT2D eigenvalue weighted by Gasteiger charge is -2.32. The van der Waals surface area contributed by atoms with Gasteiger partial charge in [0.25, 0.3) is 5.91 Å². The number of rotatable bonds is 6. The third kappa shape index (κ3) is 3.57. The minimum Gasteiger partial charge on any atom is -0.399 e. The first kappa shape index (κ1) is 21.4. The Bertz CT molecular complexity index is 953. The Morgan fingerprint density at radius 2 is 1.90 bits per heavy atom. The molecule has 1 aromatic carbocycles. The predicted octanol–water partition coefficient (Wildman–Crippen LogP) is 4.73. The monoisotopic (exact) mass is 426 g/mol. The van der Waals surface area contributed by atoms with Crippen LogP contribution in [0, 0.1) is 6.92 Å². The maximum atomic E-state index is 13.2. The van der Waals surface area contributed by atoms with Crippen LogP contribution in [0.5, 0.6) is 0 Å². The largest absolute Gasteiger partial charge is 0.495 e. The average molecular weight is 426 g/mol. The Hall–Kier alpha value is -1.83. The van der Waals surface area contributed by atoms with E-state index in [4.69, 9.17) is 9.31 Å². The Morgan fingerprint density at radius 3 is 2.53 bits per heavy atom. The number of carbonyl (C=O) groups excluding carboxylic acids is 1. The topological polar surface area (TPSA) is 50.8 Å². The number of fused-ring (bicyclic) bond motifs is 1. The van der Waals surface area contributed by atoms with Crippen molar-refractivity contribution in [2.24, 2.45) is 0 Å². The fraction of sp³-hybridized carbons (Fsp3) is 0.522. The first-order valence-electron chi connectivity index (χ1n) is 10.8. The molecule has 0 saturated carbocycles. The van der Waals surface area contributed by atoms with Crippen LogP contribution in [0.4, 0.5) is 10.7 Å². The SMILES string of the molecule is CCCCNc1cc2c(s1)C(=O)N(c1cccc(B3OC(C)(C)C(C)(C)O3)c1C)C2. The molecule has 7 heteroatoms. The molecule has 1 N–H and O–H groups in total. The van der Waals surface area contributed by atoms with Gasteiger partial charge in [0.2, 0.25) is 0 Å². The second-order valence-corrected chi connectivity index (χ2v) is 10.3. The molecule has 0 spiro atoms. The van der Waals surface area contributed by atoms with E-state index in [1.54, 1.807) is 11.3 Å². The summed E-state index contributed by atoms with van der Waals surface area (Å²) in [6.07, 6.45) is 2.29. The van der Waals surface area contributed by atoms with Crippen LogP contribution in [-0.2, 0) is 15.9 Å². The highest BCUT2D eigenvalue weighted by Gasteiger charge is 2.52. The molecule has 30 heavy (non-hydrogen) atoms. The molecule has 160 valence electrons. The Balaban J connectivity index is 1.56. The number of hydrogen-bond donors (Lipinski definition) is 1. The molecule has 4 rings (SSSR count). The standard InChI is InChI=1S/C23H31BN2O3S/c1-7-8-12-25-19-13-16-14-26(21(27)20(16)30-19)18-11-9-10-17(15(18)2)24-28-22(3,4)23(5,6)29-24/h9-11,13,25H,7-8,12,14H2,1-6H3. The van der Waals surface area contributed by atoms with Gasteiger partial charge in [-0.25, -0.2) is 0 Å². The van der Waals surface area contributed by atoms with Crippen molar-refractivity contribution in [3.63, 3.8) is 0 Å². The van der Waals surface area contributed by atoms with Gasteiger partial charge in [-0.15, -0.1) is 11.3 Å². The number of nitrogens with zero attached hydrogens (tertiary/aromatic N) is 1. The molecule has 0 unspecified atom stereocenters. The van der Waals surface area contributed by atoms with Gasteiger partial charge in [-0.3, -0.25) is 4.79 Å². The van der Waals surface area contributed by atoms with Gasteiger partial charge in [-0.2, -0.15) is 0 Å². The van der Waals surface area contributed by atoms with Gasteiger partial charge in [0.15, 0.2) is 0 Å². The number of hydrogen-bond acceptors (Lipinski definition) is 5. The van der Waals surface area contributed by atoms with Crippen LogP contribution < -0.4 is 15.7 Å². The first-order chi connectivity index (χ1) is 14.1. The summed E-state index contributed by atoms with van der Waals surface area (Å²) in [6, 6.07) is 8.16. The summed E-state index contributed by atoms with van der Waals surface area (Å²) in [6.45, 7) is 14.0. The Labute approximate surface area is 183 Å². The summed E-state index contributed by atoms with van der Waals surface area (Å²) in [5, 5.41) is 4.52. The van der Waals surface area contributed by atoms with Gasteiger partial charge >= 0.3 is 7.12 Å². The van der Waals surface area contributed by atoms with E-state index in [0.29, 0.717) is 6.54 Å². The fourth-order valence-electron chi connectivity index (χ4n) is 3.92. The Kier molecular flexibility index (Phi) is 5.49. The molecule has 2 aliphatic rings. The van der Waals surface area contributed by atoms with E-state index in [2.05, 4.69) is 46.0 Å². The fourth-order valence-corrected chi connectivity index (χ4v) is 4.97. The maximum absolute atomic E-state index is 13.2. The molecular weight excluding hydrogens is 395 g/mol. The Morgan fingerprint density at radius 1 is 1.20 bits per heavy atom. The lowest BCUT2D eigenvalue weighted by molar-refractivity contribution is 0.00578. The maximum Gasteiger partial charge on any atom is 0.495 e. The molecule has 3 heterocycles. The van der Waals surface area contributed by atoms with Gasteiger partial charge in [0.05, 0.1) is 27.6 Å². The van der Waals surface area contributed by atoms with E-state index in [1.165, 1.54) is 0 Å². The molecule has 0 aliphatic carbocycles. The molecule has 2 aromatic rings. The van der Waals surface area contributed by atoms with E-state index in [0.717, 1.165) is 51.5 Å². The van der Waals surface area contributed by atoms with Crippen LogP contribution in [0.15, 0.2) is 24.3 Å².